The van der Waals surface area contributed by atoms with E-state index < -0.39 is 5.97 Å². The highest BCUT2D eigenvalue weighted by atomic mass is 16.5. The molecule has 0 unspecified atom stereocenters. The molecule has 0 radical (unpaired) electrons. The molecule has 0 aliphatic carbocycles. The maximum absolute atomic E-state index is 10.7. The van der Waals surface area contributed by atoms with Crippen molar-refractivity contribution in [3.05, 3.63) is 47.3 Å². The second kappa shape index (κ2) is 4.88. The van der Waals surface area contributed by atoms with Gasteiger partial charge < -0.3 is 18.7 Å². The van der Waals surface area contributed by atoms with Crippen molar-refractivity contribution in [3.63, 3.8) is 0 Å². The number of carboxylic acids is 1. The quantitative estimate of drug-likeness (QED) is 0.863. The first-order valence-corrected chi connectivity index (χ1v) is 5.09. The van der Waals surface area contributed by atoms with Gasteiger partial charge in [0.25, 0.3) is 0 Å². The zero-order chi connectivity index (χ0) is 12.3. The smallest absolute Gasteiger partial charge is 0.372 e. The zero-order valence-corrected chi connectivity index (χ0v) is 9.30. The maximum atomic E-state index is 10.7. The Morgan fingerprint density at radius 2 is 2.18 bits per heavy atom. The highest BCUT2D eigenvalue weighted by Gasteiger charge is 2.14. The average Bonchev–Trinajstić information content (AvgIpc) is 2.88. The molecule has 5 heteroatoms. The van der Waals surface area contributed by atoms with Gasteiger partial charge in [0, 0.05) is 5.56 Å². The summed E-state index contributed by atoms with van der Waals surface area (Å²) in [4.78, 5) is 10.7. The third-order valence-corrected chi connectivity index (χ3v) is 2.23. The molecule has 0 amide bonds. The van der Waals surface area contributed by atoms with Crippen LogP contribution in [0.4, 0.5) is 0 Å². The lowest BCUT2D eigenvalue weighted by Crippen LogP contribution is -1.95. The third-order valence-electron chi connectivity index (χ3n) is 2.23. The van der Waals surface area contributed by atoms with Crippen LogP contribution in [0, 0.1) is 6.92 Å². The Hall–Kier alpha value is -2.01. The SMILES string of the molecule is Cc1cc(COCc2ccco2)oc1C(=O)O. The number of hydrogen-bond donors (Lipinski definition) is 1. The van der Waals surface area contributed by atoms with Crippen molar-refractivity contribution in [2.24, 2.45) is 0 Å². The lowest BCUT2D eigenvalue weighted by molar-refractivity contribution is 0.0628. The summed E-state index contributed by atoms with van der Waals surface area (Å²) in [6.07, 6.45) is 1.57. The van der Waals surface area contributed by atoms with E-state index in [0.717, 1.165) is 0 Å². The summed E-state index contributed by atoms with van der Waals surface area (Å²) in [6, 6.07) is 5.24. The van der Waals surface area contributed by atoms with Crippen molar-refractivity contribution in [3.8, 4) is 0 Å². The standard InChI is InChI=1S/C12H12O5/c1-8-5-10(17-11(8)12(13)14)7-15-6-9-3-2-4-16-9/h2-5H,6-7H2,1H3,(H,13,14). The fraction of sp³-hybridized carbons (Fsp3) is 0.250. The van der Waals surface area contributed by atoms with Crippen LogP contribution in [0.1, 0.15) is 27.6 Å². The Balaban J connectivity index is 1.91. The largest absolute Gasteiger partial charge is 0.475 e. The summed E-state index contributed by atoms with van der Waals surface area (Å²) in [7, 11) is 0. The number of rotatable bonds is 5. The summed E-state index contributed by atoms with van der Waals surface area (Å²) in [5, 5.41) is 8.81. The summed E-state index contributed by atoms with van der Waals surface area (Å²) in [5.74, 6) is 0.0968. The highest BCUT2D eigenvalue weighted by molar-refractivity contribution is 5.86. The van der Waals surface area contributed by atoms with E-state index in [9.17, 15) is 4.79 Å². The van der Waals surface area contributed by atoms with Crippen molar-refractivity contribution in [2.45, 2.75) is 20.1 Å². The molecule has 90 valence electrons. The van der Waals surface area contributed by atoms with Gasteiger partial charge in [-0.2, -0.15) is 0 Å². The van der Waals surface area contributed by atoms with Crippen molar-refractivity contribution in [1.29, 1.82) is 0 Å². The number of ether oxygens (including phenoxy) is 1. The van der Waals surface area contributed by atoms with Crippen LogP contribution in [0.15, 0.2) is 33.3 Å². The molecular formula is C12H12O5. The van der Waals surface area contributed by atoms with E-state index in [1.165, 1.54) is 0 Å². The fourth-order valence-corrected chi connectivity index (χ4v) is 1.48. The van der Waals surface area contributed by atoms with Crippen molar-refractivity contribution in [2.75, 3.05) is 0 Å². The Bertz CT molecular complexity index is 495. The minimum absolute atomic E-state index is 0.0402. The van der Waals surface area contributed by atoms with Gasteiger partial charge in [-0.15, -0.1) is 0 Å². The molecule has 2 rings (SSSR count). The summed E-state index contributed by atoms with van der Waals surface area (Å²) in [6.45, 7) is 2.23. The fourth-order valence-electron chi connectivity index (χ4n) is 1.48. The minimum atomic E-state index is -1.07. The first-order valence-electron chi connectivity index (χ1n) is 5.09. The predicted molar refractivity (Wildman–Crippen MR) is 57.6 cm³/mol. The monoisotopic (exact) mass is 236 g/mol. The molecule has 0 saturated heterocycles. The molecule has 0 bridgehead atoms. The van der Waals surface area contributed by atoms with Crippen molar-refractivity contribution >= 4 is 5.97 Å². The van der Waals surface area contributed by atoms with E-state index >= 15 is 0 Å². The number of aryl methyl sites for hydroxylation is 1. The molecule has 0 spiro atoms. The zero-order valence-electron chi connectivity index (χ0n) is 9.30. The molecule has 2 heterocycles. The van der Waals surface area contributed by atoms with Crippen LogP contribution in [0.3, 0.4) is 0 Å². The Morgan fingerprint density at radius 3 is 2.76 bits per heavy atom. The van der Waals surface area contributed by atoms with E-state index in [2.05, 4.69) is 0 Å². The molecule has 0 aromatic carbocycles. The van der Waals surface area contributed by atoms with Crippen LogP contribution in [-0.4, -0.2) is 11.1 Å². The topological polar surface area (TPSA) is 72.8 Å². The van der Waals surface area contributed by atoms with Crippen LogP contribution < -0.4 is 0 Å². The molecule has 2 aromatic heterocycles. The van der Waals surface area contributed by atoms with Gasteiger partial charge in [-0.3, -0.25) is 0 Å². The Kier molecular flexibility index (Phi) is 3.30. The molecule has 0 aliphatic heterocycles. The number of carbonyl (C=O) groups is 1. The molecule has 0 aliphatic rings. The number of aromatic carboxylic acids is 1. The average molecular weight is 236 g/mol. The second-order valence-corrected chi connectivity index (χ2v) is 3.60. The normalized spacial score (nSPS) is 10.6. The number of furan rings is 2. The minimum Gasteiger partial charge on any atom is -0.475 e. The molecule has 0 fully saturated rings. The summed E-state index contributed by atoms with van der Waals surface area (Å²) >= 11 is 0. The van der Waals surface area contributed by atoms with Gasteiger partial charge in [0.15, 0.2) is 0 Å². The van der Waals surface area contributed by atoms with Crippen LogP contribution >= 0.6 is 0 Å². The first-order chi connectivity index (χ1) is 8.16. The first kappa shape index (κ1) is 11.5. The third kappa shape index (κ3) is 2.76. The van der Waals surface area contributed by atoms with Gasteiger partial charge in [0.2, 0.25) is 5.76 Å². The molecule has 0 saturated carbocycles. The summed E-state index contributed by atoms with van der Waals surface area (Å²) in [5.41, 5.74) is 0.592. The van der Waals surface area contributed by atoms with E-state index in [0.29, 0.717) is 23.7 Å². The lowest BCUT2D eigenvalue weighted by Gasteiger charge is -1.98. The van der Waals surface area contributed by atoms with Gasteiger partial charge in [0.1, 0.15) is 24.7 Å². The van der Waals surface area contributed by atoms with Crippen LogP contribution in [0.5, 0.6) is 0 Å². The van der Waals surface area contributed by atoms with Gasteiger partial charge >= 0.3 is 5.97 Å². The van der Waals surface area contributed by atoms with Crippen molar-refractivity contribution < 1.29 is 23.5 Å². The van der Waals surface area contributed by atoms with E-state index in [-0.39, 0.29) is 12.4 Å². The van der Waals surface area contributed by atoms with E-state index in [4.69, 9.17) is 18.7 Å². The van der Waals surface area contributed by atoms with Crippen LogP contribution in [0.25, 0.3) is 0 Å². The van der Waals surface area contributed by atoms with Gasteiger partial charge in [0.05, 0.1) is 6.26 Å². The number of carboxylic acid groups (broad SMARTS) is 1. The highest BCUT2D eigenvalue weighted by Crippen LogP contribution is 2.16. The van der Waals surface area contributed by atoms with Crippen LogP contribution in [-0.2, 0) is 18.0 Å². The van der Waals surface area contributed by atoms with Gasteiger partial charge in [-0.1, -0.05) is 0 Å². The Labute approximate surface area is 97.6 Å². The molecule has 17 heavy (non-hydrogen) atoms. The number of hydrogen-bond acceptors (Lipinski definition) is 4. The molecular weight excluding hydrogens is 224 g/mol. The van der Waals surface area contributed by atoms with E-state index in [1.807, 2.05) is 0 Å². The predicted octanol–water partition coefficient (Wildman–Crippen LogP) is 2.60. The van der Waals surface area contributed by atoms with E-state index in [1.54, 1.807) is 31.4 Å². The molecule has 5 nitrogen and oxygen atoms in total. The van der Waals surface area contributed by atoms with Gasteiger partial charge in [-0.05, 0) is 25.1 Å². The van der Waals surface area contributed by atoms with Crippen molar-refractivity contribution in [1.82, 2.24) is 0 Å². The molecule has 1 N–H and O–H groups in total. The molecule has 2 aromatic rings. The Morgan fingerprint density at radius 1 is 1.41 bits per heavy atom. The second-order valence-electron chi connectivity index (χ2n) is 3.60. The van der Waals surface area contributed by atoms with Crippen LogP contribution in [0.2, 0.25) is 0 Å². The van der Waals surface area contributed by atoms with Gasteiger partial charge in [-0.25, -0.2) is 4.79 Å². The summed E-state index contributed by atoms with van der Waals surface area (Å²) < 4.78 is 15.6. The maximum Gasteiger partial charge on any atom is 0.372 e. The lowest BCUT2D eigenvalue weighted by atomic mass is 10.3. The molecule has 0 atom stereocenters.